The molecule has 1 aliphatic rings. The van der Waals surface area contributed by atoms with Crippen molar-refractivity contribution in [1.82, 2.24) is 15.1 Å². The van der Waals surface area contributed by atoms with Crippen molar-refractivity contribution in [2.75, 3.05) is 18.4 Å². The Balaban J connectivity index is 1.74. The monoisotopic (exact) mass is 406 g/mol. The van der Waals surface area contributed by atoms with E-state index in [0.717, 1.165) is 54.1 Å². The summed E-state index contributed by atoms with van der Waals surface area (Å²) in [7, 11) is 0. The molecule has 5 nitrogen and oxygen atoms in total. The van der Waals surface area contributed by atoms with Crippen molar-refractivity contribution < 1.29 is 9.18 Å². The van der Waals surface area contributed by atoms with Crippen LogP contribution in [0.5, 0.6) is 0 Å². The smallest absolute Gasteiger partial charge is 0.259 e. The lowest BCUT2D eigenvalue weighted by Crippen LogP contribution is -2.29. The van der Waals surface area contributed by atoms with Gasteiger partial charge in [0.25, 0.3) is 5.91 Å². The number of aryl methyl sites for hydroxylation is 3. The fourth-order valence-electron chi connectivity index (χ4n) is 4.37. The number of hydrogen-bond acceptors (Lipinski definition) is 3. The minimum Gasteiger partial charge on any atom is -0.321 e. The van der Waals surface area contributed by atoms with Crippen molar-refractivity contribution in [2.45, 2.75) is 39.5 Å². The Morgan fingerprint density at radius 2 is 1.73 bits per heavy atom. The topological polar surface area (TPSA) is 59.0 Å². The Hall–Kier alpha value is -2.99. The van der Waals surface area contributed by atoms with Gasteiger partial charge >= 0.3 is 0 Å². The molecule has 30 heavy (non-hydrogen) atoms. The van der Waals surface area contributed by atoms with E-state index in [0.29, 0.717) is 5.56 Å². The molecule has 6 heteroatoms. The van der Waals surface area contributed by atoms with Crippen molar-refractivity contribution in [1.29, 1.82) is 0 Å². The quantitative estimate of drug-likeness (QED) is 0.663. The van der Waals surface area contributed by atoms with E-state index in [2.05, 4.69) is 27.9 Å². The molecule has 0 unspecified atom stereocenters. The van der Waals surface area contributed by atoms with Crippen molar-refractivity contribution >= 4 is 11.6 Å². The summed E-state index contributed by atoms with van der Waals surface area (Å²) in [6.07, 6.45) is 3.49. The van der Waals surface area contributed by atoms with E-state index >= 15 is 0 Å². The van der Waals surface area contributed by atoms with Crippen LogP contribution in [-0.4, -0.2) is 28.8 Å². The highest BCUT2D eigenvalue weighted by atomic mass is 19.1. The molecule has 0 saturated carbocycles. The van der Waals surface area contributed by atoms with Crippen molar-refractivity contribution in [2.24, 2.45) is 0 Å². The van der Waals surface area contributed by atoms with Crippen LogP contribution < -0.4 is 10.6 Å². The summed E-state index contributed by atoms with van der Waals surface area (Å²) in [5.41, 5.74) is 6.31. The van der Waals surface area contributed by atoms with Gasteiger partial charge in [0.1, 0.15) is 5.82 Å². The normalized spacial score (nSPS) is 14.7. The molecule has 1 aromatic heterocycles. The molecule has 0 aliphatic carbocycles. The van der Waals surface area contributed by atoms with E-state index in [-0.39, 0.29) is 17.6 Å². The summed E-state index contributed by atoms with van der Waals surface area (Å²) < 4.78 is 15.2. The van der Waals surface area contributed by atoms with Crippen LogP contribution >= 0.6 is 0 Å². The lowest BCUT2D eigenvalue weighted by atomic mass is 9.91. The first-order valence-corrected chi connectivity index (χ1v) is 10.4. The van der Waals surface area contributed by atoms with Gasteiger partial charge in [-0.2, -0.15) is 5.10 Å². The van der Waals surface area contributed by atoms with Crippen LogP contribution in [-0.2, 0) is 0 Å². The highest BCUT2D eigenvalue weighted by molar-refractivity contribution is 6.06. The number of rotatable bonds is 4. The number of carbonyl (C=O) groups excluding carboxylic acids is 1. The predicted molar refractivity (Wildman–Crippen MR) is 117 cm³/mol. The van der Waals surface area contributed by atoms with Gasteiger partial charge < -0.3 is 10.6 Å². The van der Waals surface area contributed by atoms with Crippen LogP contribution in [0.15, 0.2) is 42.6 Å². The average Bonchev–Trinajstić information content (AvgIpc) is 3.17. The van der Waals surface area contributed by atoms with Crippen LogP contribution in [0.25, 0.3) is 5.69 Å². The molecule has 2 aromatic carbocycles. The first-order chi connectivity index (χ1) is 14.4. The van der Waals surface area contributed by atoms with Gasteiger partial charge in [-0.3, -0.25) is 4.79 Å². The van der Waals surface area contributed by atoms with E-state index < -0.39 is 0 Å². The molecular formula is C24H27FN4O. The third-order valence-corrected chi connectivity index (χ3v) is 5.76. The second-order valence-corrected chi connectivity index (χ2v) is 8.08. The largest absolute Gasteiger partial charge is 0.321 e. The second-order valence-electron chi connectivity index (χ2n) is 8.08. The highest BCUT2D eigenvalue weighted by Crippen LogP contribution is 2.31. The molecule has 3 aromatic rings. The molecule has 1 aliphatic heterocycles. The molecule has 1 fully saturated rings. The summed E-state index contributed by atoms with van der Waals surface area (Å²) in [6.45, 7) is 7.86. The number of benzene rings is 2. The van der Waals surface area contributed by atoms with Crippen LogP contribution in [0.4, 0.5) is 10.1 Å². The van der Waals surface area contributed by atoms with Gasteiger partial charge in [0.15, 0.2) is 0 Å². The van der Waals surface area contributed by atoms with E-state index in [1.807, 2.05) is 20.8 Å². The second kappa shape index (κ2) is 8.40. The maximum atomic E-state index is 13.4. The molecule has 2 heterocycles. The minimum atomic E-state index is -0.294. The number of nitrogens with zero attached hydrogens (tertiary/aromatic N) is 2. The first kappa shape index (κ1) is 20.3. The maximum absolute atomic E-state index is 13.4. The van der Waals surface area contributed by atoms with Crippen LogP contribution in [0, 0.1) is 26.6 Å². The number of halogens is 1. The number of anilines is 1. The number of carbonyl (C=O) groups is 1. The molecule has 4 rings (SSSR count). The van der Waals surface area contributed by atoms with Gasteiger partial charge in [0.05, 0.1) is 23.1 Å². The molecule has 0 radical (unpaired) electrons. The Kier molecular flexibility index (Phi) is 5.68. The third-order valence-electron chi connectivity index (χ3n) is 5.76. The van der Waals surface area contributed by atoms with E-state index in [9.17, 15) is 9.18 Å². The molecule has 2 N–H and O–H groups in total. The Bertz CT molecular complexity index is 1040. The fraction of sp³-hybridized carbons (Fsp3) is 0.333. The maximum Gasteiger partial charge on any atom is 0.259 e. The first-order valence-electron chi connectivity index (χ1n) is 10.4. The predicted octanol–water partition coefficient (Wildman–Crippen LogP) is 4.66. The zero-order chi connectivity index (χ0) is 21.3. The molecule has 156 valence electrons. The summed E-state index contributed by atoms with van der Waals surface area (Å²) in [6, 6.07) is 10.4. The van der Waals surface area contributed by atoms with Crippen molar-refractivity contribution in [3.05, 3.63) is 76.4 Å². The molecule has 0 atom stereocenters. The molecule has 1 saturated heterocycles. The average molecular weight is 407 g/mol. The summed E-state index contributed by atoms with van der Waals surface area (Å²) in [4.78, 5) is 13.3. The van der Waals surface area contributed by atoms with Gasteiger partial charge in [-0.15, -0.1) is 0 Å². The zero-order valence-corrected chi connectivity index (χ0v) is 17.6. The van der Waals surface area contributed by atoms with E-state index in [1.165, 1.54) is 17.7 Å². The Morgan fingerprint density at radius 3 is 2.37 bits per heavy atom. The zero-order valence-electron chi connectivity index (χ0n) is 17.6. The number of hydrogen-bond donors (Lipinski definition) is 2. The Labute approximate surface area is 176 Å². The third kappa shape index (κ3) is 4.00. The SMILES string of the molecule is Cc1cc(C)c(NC(=O)c2cnn(-c3ccc(F)cc3)c2C2CCNCC2)c(C)c1. The number of aromatic nitrogens is 2. The molecule has 1 amide bonds. The highest BCUT2D eigenvalue weighted by Gasteiger charge is 2.27. The summed E-state index contributed by atoms with van der Waals surface area (Å²) >= 11 is 0. The van der Waals surface area contributed by atoms with Gasteiger partial charge in [0.2, 0.25) is 0 Å². The summed E-state index contributed by atoms with van der Waals surface area (Å²) in [5.74, 6) is -0.246. The lowest BCUT2D eigenvalue weighted by molar-refractivity contribution is 0.102. The van der Waals surface area contributed by atoms with Crippen LogP contribution in [0.1, 0.15) is 51.5 Å². The fourth-order valence-corrected chi connectivity index (χ4v) is 4.37. The molecule has 0 spiro atoms. The summed E-state index contributed by atoms with van der Waals surface area (Å²) in [5, 5.41) is 11.0. The van der Waals surface area contributed by atoms with Gasteiger partial charge in [-0.1, -0.05) is 17.7 Å². The van der Waals surface area contributed by atoms with Crippen LogP contribution in [0.3, 0.4) is 0 Å². The Morgan fingerprint density at radius 1 is 1.10 bits per heavy atom. The van der Waals surface area contributed by atoms with Gasteiger partial charge in [0, 0.05) is 11.6 Å². The standard InChI is InChI=1S/C24H27FN4O/c1-15-12-16(2)22(17(3)13-15)28-24(30)21-14-27-29(20-6-4-19(25)5-7-20)23(21)18-8-10-26-11-9-18/h4-7,12-14,18,26H,8-11H2,1-3H3,(H,28,30). The van der Waals surface area contributed by atoms with Crippen molar-refractivity contribution in [3.8, 4) is 5.69 Å². The van der Waals surface area contributed by atoms with E-state index in [1.54, 1.807) is 23.0 Å². The number of piperidine rings is 1. The van der Waals surface area contributed by atoms with Gasteiger partial charge in [-0.05, 0) is 82.1 Å². The van der Waals surface area contributed by atoms with Gasteiger partial charge in [-0.25, -0.2) is 9.07 Å². The van der Waals surface area contributed by atoms with E-state index in [4.69, 9.17) is 0 Å². The molecular weight excluding hydrogens is 379 g/mol. The minimum absolute atomic E-state index is 0.160. The lowest BCUT2D eigenvalue weighted by Gasteiger charge is -2.25. The van der Waals surface area contributed by atoms with Crippen LogP contribution in [0.2, 0.25) is 0 Å². The number of amides is 1. The number of nitrogens with one attached hydrogen (secondary N) is 2. The van der Waals surface area contributed by atoms with Crippen molar-refractivity contribution in [3.63, 3.8) is 0 Å². The molecule has 0 bridgehead atoms.